The Hall–Kier alpha value is -0.910. The molecule has 0 spiro atoms. The number of nitrogens with zero attached hydrogens (tertiary/aromatic N) is 1. The van der Waals surface area contributed by atoms with Crippen molar-refractivity contribution in [1.82, 2.24) is 4.31 Å². The van der Waals surface area contributed by atoms with E-state index in [0.29, 0.717) is 6.54 Å². The summed E-state index contributed by atoms with van der Waals surface area (Å²) in [5, 5.41) is 0. The van der Waals surface area contributed by atoms with Gasteiger partial charge in [-0.3, -0.25) is 0 Å². The summed E-state index contributed by atoms with van der Waals surface area (Å²) in [6, 6.07) is 7.46. The van der Waals surface area contributed by atoms with Crippen LogP contribution < -0.4 is 5.73 Å². The molecule has 108 valence electrons. The Balaban J connectivity index is 2.90. The van der Waals surface area contributed by atoms with Gasteiger partial charge in [-0.05, 0) is 24.5 Å². The van der Waals surface area contributed by atoms with Gasteiger partial charge in [0.25, 0.3) is 0 Å². The van der Waals surface area contributed by atoms with Gasteiger partial charge in [0.05, 0.1) is 5.75 Å². The van der Waals surface area contributed by atoms with E-state index in [2.05, 4.69) is 6.92 Å². The summed E-state index contributed by atoms with van der Waals surface area (Å²) >= 11 is 0. The molecule has 1 aromatic rings. The molecule has 1 atom stereocenters. The number of hydrogen-bond acceptors (Lipinski definition) is 3. The van der Waals surface area contributed by atoms with Gasteiger partial charge in [-0.2, -0.15) is 0 Å². The average molecular weight is 284 g/mol. The highest BCUT2D eigenvalue weighted by Gasteiger charge is 2.23. The monoisotopic (exact) mass is 284 g/mol. The molecule has 2 N–H and O–H groups in total. The maximum absolute atomic E-state index is 12.4. The smallest absolute Gasteiger partial charge is 0.218 e. The summed E-state index contributed by atoms with van der Waals surface area (Å²) in [5.74, 6) is 0.0188. The van der Waals surface area contributed by atoms with Gasteiger partial charge < -0.3 is 5.73 Å². The van der Waals surface area contributed by atoms with E-state index in [9.17, 15) is 8.42 Å². The minimum atomic E-state index is -3.29. The van der Waals surface area contributed by atoms with Crippen molar-refractivity contribution in [3.05, 3.63) is 35.4 Å². The molecule has 0 radical (unpaired) electrons. The predicted molar refractivity (Wildman–Crippen MR) is 79.1 cm³/mol. The van der Waals surface area contributed by atoms with Gasteiger partial charge in [0.15, 0.2) is 0 Å². The molecule has 0 fully saturated rings. The molecular formula is C14H24N2O2S. The molecule has 0 bridgehead atoms. The molecular weight excluding hydrogens is 260 g/mol. The van der Waals surface area contributed by atoms with Gasteiger partial charge in [0.2, 0.25) is 10.0 Å². The van der Waals surface area contributed by atoms with E-state index in [0.717, 1.165) is 24.0 Å². The Labute approximate surface area is 116 Å². The van der Waals surface area contributed by atoms with Crippen molar-refractivity contribution in [2.24, 2.45) is 5.73 Å². The summed E-state index contributed by atoms with van der Waals surface area (Å²) in [5.41, 5.74) is 7.33. The topological polar surface area (TPSA) is 63.4 Å². The van der Waals surface area contributed by atoms with Gasteiger partial charge in [-0.25, -0.2) is 12.7 Å². The lowest BCUT2D eigenvalue weighted by Crippen LogP contribution is -2.36. The van der Waals surface area contributed by atoms with Gasteiger partial charge in [-0.1, -0.05) is 37.6 Å². The van der Waals surface area contributed by atoms with Crippen LogP contribution in [-0.2, 0) is 22.3 Å². The highest BCUT2D eigenvalue weighted by molar-refractivity contribution is 7.88. The molecule has 19 heavy (non-hydrogen) atoms. The zero-order chi connectivity index (χ0) is 14.5. The van der Waals surface area contributed by atoms with Crippen molar-refractivity contribution in [3.8, 4) is 0 Å². The first-order chi connectivity index (χ1) is 8.92. The van der Waals surface area contributed by atoms with Crippen molar-refractivity contribution >= 4 is 10.0 Å². The van der Waals surface area contributed by atoms with E-state index in [1.165, 1.54) is 4.31 Å². The van der Waals surface area contributed by atoms with Crippen molar-refractivity contribution in [1.29, 1.82) is 0 Å². The molecule has 0 aromatic heterocycles. The third-order valence-electron chi connectivity index (χ3n) is 3.44. The molecule has 0 aliphatic carbocycles. The Morgan fingerprint density at radius 1 is 1.26 bits per heavy atom. The second-order valence-corrected chi connectivity index (χ2v) is 6.91. The van der Waals surface area contributed by atoms with E-state index < -0.39 is 10.0 Å². The summed E-state index contributed by atoms with van der Waals surface area (Å²) in [7, 11) is -1.64. The van der Waals surface area contributed by atoms with E-state index >= 15 is 0 Å². The number of rotatable bonds is 7. The second-order valence-electron chi connectivity index (χ2n) is 4.88. The Morgan fingerprint density at radius 3 is 2.37 bits per heavy atom. The summed E-state index contributed by atoms with van der Waals surface area (Å²) < 4.78 is 26.2. The van der Waals surface area contributed by atoms with Crippen LogP contribution in [-0.4, -0.2) is 25.8 Å². The van der Waals surface area contributed by atoms with Crippen LogP contribution in [0.25, 0.3) is 0 Å². The average Bonchev–Trinajstić information content (AvgIpc) is 2.38. The molecule has 0 amide bonds. The summed E-state index contributed by atoms with van der Waals surface area (Å²) in [6.07, 6.45) is 1.84. The van der Waals surface area contributed by atoms with Crippen molar-refractivity contribution in [2.75, 3.05) is 7.05 Å². The Morgan fingerprint density at radius 2 is 1.84 bits per heavy atom. The van der Waals surface area contributed by atoms with Gasteiger partial charge >= 0.3 is 0 Å². The van der Waals surface area contributed by atoms with Crippen molar-refractivity contribution in [2.45, 2.75) is 45.0 Å². The van der Waals surface area contributed by atoms with Gasteiger partial charge in [0.1, 0.15) is 0 Å². The lowest BCUT2D eigenvalue weighted by Gasteiger charge is -2.24. The van der Waals surface area contributed by atoms with Crippen LogP contribution in [0.3, 0.4) is 0 Å². The van der Waals surface area contributed by atoms with Crippen LogP contribution in [0.5, 0.6) is 0 Å². The predicted octanol–water partition coefficient (Wildman–Crippen LogP) is 2.10. The first-order valence-electron chi connectivity index (χ1n) is 6.65. The summed E-state index contributed by atoms with van der Waals surface area (Å²) in [6.45, 7) is 4.36. The van der Waals surface area contributed by atoms with Crippen LogP contribution in [0.4, 0.5) is 0 Å². The number of nitrogens with two attached hydrogens (primary N) is 1. The van der Waals surface area contributed by atoms with Crippen LogP contribution in [0.15, 0.2) is 24.3 Å². The fourth-order valence-electron chi connectivity index (χ4n) is 2.07. The molecule has 1 rings (SSSR count). The molecule has 0 saturated heterocycles. The zero-order valence-corrected chi connectivity index (χ0v) is 12.8. The van der Waals surface area contributed by atoms with E-state index in [4.69, 9.17) is 5.73 Å². The fourth-order valence-corrected chi connectivity index (χ4v) is 3.60. The number of hydrogen-bond donors (Lipinski definition) is 1. The van der Waals surface area contributed by atoms with E-state index in [1.54, 1.807) is 7.05 Å². The maximum atomic E-state index is 12.4. The van der Waals surface area contributed by atoms with Crippen LogP contribution >= 0.6 is 0 Å². The van der Waals surface area contributed by atoms with Gasteiger partial charge in [-0.15, -0.1) is 0 Å². The number of benzene rings is 1. The molecule has 1 aromatic carbocycles. The summed E-state index contributed by atoms with van der Waals surface area (Å²) in [4.78, 5) is 0. The highest BCUT2D eigenvalue weighted by Crippen LogP contribution is 2.17. The van der Waals surface area contributed by atoms with E-state index in [1.807, 2.05) is 31.2 Å². The standard InChI is InChI=1S/C14H24N2O2S/c1-4-7-12(2)16(3)19(17,18)11-14-9-6-5-8-13(14)10-15/h5-6,8-9,12H,4,7,10-11,15H2,1-3H3. The molecule has 0 aliphatic rings. The Kier molecular flexibility index (Phi) is 5.97. The molecule has 1 unspecified atom stereocenters. The highest BCUT2D eigenvalue weighted by atomic mass is 32.2. The molecule has 0 heterocycles. The zero-order valence-electron chi connectivity index (χ0n) is 12.0. The lowest BCUT2D eigenvalue weighted by atomic mass is 10.1. The van der Waals surface area contributed by atoms with E-state index in [-0.39, 0.29) is 11.8 Å². The quantitative estimate of drug-likeness (QED) is 0.834. The fraction of sp³-hybridized carbons (Fsp3) is 0.571. The second kappa shape index (κ2) is 7.03. The maximum Gasteiger partial charge on any atom is 0.218 e. The minimum Gasteiger partial charge on any atom is -0.326 e. The Bertz CT molecular complexity index is 500. The first-order valence-corrected chi connectivity index (χ1v) is 8.25. The largest absolute Gasteiger partial charge is 0.326 e. The molecule has 5 heteroatoms. The third-order valence-corrected chi connectivity index (χ3v) is 5.36. The first kappa shape index (κ1) is 16.1. The molecule has 4 nitrogen and oxygen atoms in total. The SMILES string of the molecule is CCCC(C)N(C)S(=O)(=O)Cc1ccccc1CN. The van der Waals surface area contributed by atoms with Crippen LogP contribution in [0, 0.1) is 0 Å². The normalized spacial score (nSPS) is 13.7. The van der Waals surface area contributed by atoms with Crippen LogP contribution in [0.2, 0.25) is 0 Å². The van der Waals surface area contributed by atoms with Crippen LogP contribution in [0.1, 0.15) is 37.8 Å². The third kappa shape index (κ3) is 4.30. The van der Waals surface area contributed by atoms with Crippen molar-refractivity contribution in [3.63, 3.8) is 0 Å². The lowest BCUT2D eigenvalue weighted by molar-refractivity contribution is 0.368. The van der Waals surface area contributed by atoms with Crippen molar-refractivity contribution < 1.29 is 8.42 Å². The molecule has 0 aliphatic heterocycles. The molecule has 0 saturated carbocycles. The van der Waals surface area contributed by atoms with Gasteiger partial charge in [0, 0.05) is 19.6 Å². The number of sulfonamides is 1. The minimum absolute atomic E-state index is 0.0188.